The molecule has 0 saturated heterocycles. The molecule has 18 heavy (non-hydrogen) atoms. The van der Waals surface area contributed by atoms with E-state index in [4.69, 9.17) is 11.6 Å². The smallest absolute Gasteiger partial charge is 0.233 e. The zero-order chi connectivity index (χ0) is 12.3. The van der Waals surface area contributed by atoms with Crippen LogP contribution in [0.25, 0.3) is 0 Å². The van der Waals surface area contributed by atoms with Crippen molar-refractivity contribution in [2.24, 2.45) is 0 Å². The third-order valence-electron chi connectivity index (χ3n) is 3.25. The van der Waals surface area contributed by atoms with Crippen molar-refractivity contribution < 1.29 is 4.79 Å². The quantitative estimate of drug-likeness (QED) is 0.872. The molecule has 1 aromatic carbocycles. The standard InChI is InChI=1S/C13H17ClN2O.ClH/c1-15-8-12(17)16-9-13(5-6-13)10-3-2-4-11(14)7-10;/h2-4,7,15H,5-6,8-9H2,1H3,(H,16,17);1H. The highest BCUT2D eigenvalue weighted by Gasteiger charge is 2.44. The summed E-state index contributed by atoms with van der Waals surface area (Å²) in [6.45, 7) is 1.07. The molecule has 1 aromatic rings. The van der Waals surface area contributed by atoms with E-state index in [1.807, 2.05) is 18.2 Å². The number of likely N-dealkylation sites (N-methyl/N-ethyl adjacent to an activating group) is 1. The molecule has 0 aliphatic heterocycles. The number of amides is 1. The monoisotopic (exact) mass is 288 g/mol. The highest BCUT2D eigenvalue weighted by atomic mass is 35.5. The Bertz CT molecular complexity index is 419. The topological polar surface area (TPSA) is 41.1 Å². The fraction of sp³-hybridized carbons (Fsp3) is 0.462. The summed E-state index contributed by atoms with van der Waals surface area (Å²) in [5.41, 5.74) is 1.35. The molecule has 1 saturated carbocycles. The molecule has 2 rings (SSSR count). The van der Waals surface area contributed by atoms with E-state index in [0.717, 1.165) is 17.9 Å². The number of hydrogen-bond donors (Lipinski definition) is 2. The minimum Gasteiger partial charge on any atom is -0.354 e. The minimum atomic E-state index is 0. The fourth-order valence-electron chi connectivity index (χ4n) is 2.03. The van der Waals surface area contributed by atoms with Gasteiger partial charge in [-0.3, -0.25) is 4.79 Å². The average molecular weight is 289 g/mol. The molecule has 3 nitrogen and oxygen atoms in total. The van der Waals surface area contributed by atoms with E-state index >= 15 is 0 Å². The number of halogens is 2. The molecule has 0 heterocycles. The van der Waals surface area contributed by atoms with Crippen LogP contribution in [-0.2, 0) is 10.2 Å². The summed E-state index contributed by atoms with van der Waals surface area (Å²) in [6.07, 6.45) is 2.24. The normalized spacial score (nSPS) is 15.7. The highest BCUT2D eigenvalue weighted by molar-refractivity contribution is 6.30. The lowest BCUT2D eigenvalue weighted by molar-refractivity contribution is -0.120. The molecule has 0 radical (unpaired) electrons. The number of nitrogens with one attached hydrogen (secondary N) is 2. The lowest BCUT2D eigenvalue weighted by atomic mass is 9.96. The second-order valence-electron chi connectivity index (χ2n) is 4.60. The van der Waals surface area contributed by atoms with Crippen molar-refractivity contribution >= 4 is 29.9 Å². The van der Waals surface area contributed by atoms with Crippen LogP contribution in [0.1, 0.15) is 18.4 Å². The summed E-state index contributed by atoms with van der Waals surface area (Å²) >= 11 is 5.99. The number of benzene rings is 1. The number of hydrogen-bond acceptors (Lipinski definition) is 2. The van der Waals surface area contributed by atoms with E-state index in [2.05, 4.69) is 16.7 Å². The number of carbonyl (C=O) groups excluding carboxylic acids is 1. The second kappa shape index (κ2) is 6.41. The maximum Gasteiger partial charge on any atom is 0.233 e. The first-order chi connectivity index (χ1) is 8.16. The predicted octanol–water partition coefficient (Wildman–Crippen LogP) is 2.13. The third kappa shape index (κ3) is 3.61. The average Bonchev–Trinajstić information content (AvgIpc) is 3.08. The molecule has 1 fully saturated rings. The maximum atomic E-state index is 11.4. The molecule has 1 amide bonds. The van der Waals surface area contributed by atoms with Crippen LogP contribution in [0.4, 0.5) is 0 Å². The van der Waals surface area contributed by atoms with Gasteiger partial charge in [0.15, 0.2) is 0 Å². The Morgan fingerprint density at radius 2 is 2.17 bits per heavy atom. The molecule has 100 valence electrons. The Kier molecular flexibility index (Phi) is 5.45. The van der Waals surface area contributed by atoms with Gasteiger partial charge in [-0.15, -0.1) is 12.4 Å². The van der Waals surface area contributed by atoms with Gasteiger partial charge in [-0.1, -0.05) is 23.7 Å². The molecule has 0 spiro atoms. The van der Waals surface area contributed by atoms with Gasteiger partial charge in [-0.25, -0.2) is 0 Å². The van der Waals surface area contributed by atoms with Crippen molar-refractivity contribution in [3.05, 3.63) is 34.9 Å². The first-order valence-corrected chi connectivity index (χ1v) is 6.21. The second-order valence-corrected chi connectivity index (χ2v) is 5.03. The van der Waals surface area contributed by atoms with Crippen molar-refractivity contribution in [3.8, 4) is 0 Å². The Labute approximate surface area is 119 Å². The predicted molar refractivity (Wildman–Crippen MR) is 76.5 cm³/mol. The summed E-state index contributed by atoms with van der Waals surface area (Å²) in [4.78, 5) is 11.4. The van der Waals surface area contributed by atoms with E-state index < -0.39 is 0 Å². The minimum absolute atomic E-state index is 0. The van der Waals surface area contributed by atoms with E-state index in [0.29, 0.717) is 13.1 Å². The van der Waals surface area contributed by atoms with Gasteiger partial charge in [0.2, 0.25) is 5.91 Å². The third-order valence-corrected chi connectivity index (χ3v) is 3.49. The molecule has 2 N–H and O–H groups in total. The largest absolute Gasteiger partial charge is 0.354 e. The van der Waals surface area contributed by atoms with Gasteiger partial charge in [0.25, 0.3) is 0 Å². The molecular formula is C13H18Cl2N2O. The zero-order valence-electron chi connectivity index (χ0n) is 10.3. The van der Waals surface area contributed by atoms with Crippen LogP contribution in [-0.4, -0.2) is 26.0 Å². The van der Waals surface area contributed by atoms with Crippen LogP contribution in [0.3, 0.4) is 0 Å². The molecule has 0 unspecified atom stereocenters. The van der Waals surface area contributed by atoms with Gasteiger partial charge in [0.05, 0.1) is 6.54 Å². The van der Waals surface area contributed by atoms with Crippen molar-refractivity contribution in [1.82, 2.24) is 10.6 Å². The van der Waals surface area contributed by atoms with E-state index in [1.54, 1.807) is 7.05 Å². The van der Waals surface area contributed by atoms with Gasteiger partial charge >= 0.3 is 0 Å². The van der Waals surface area contributed by atoms with Crippen molar-refractivity contribution in [2.45, 2.75) is 18.3 Å². The summed E-state index contributed by atoms with van der Waals surface area (Å²) in [5, 5.41) is 6.56. The first kappa shape index (κ1) is 15.3. The van der Waals surface area contributed by atoms with E-state index in [1.165, 1.54) is 5.56 Å². The molecule has 0 aromatic heterocycles. The Morgan fingerprint density at radius 1 is 1.44 bits per heavy atom. The van der Waals surface area contributed by atoms with Crippen LogP contribution in [0.5, 0.6) is 0 Å². The summed E-state index contributed by atoms with van der Waals surface area (Å²) in [7, 11) is 1.77. The van der Waals surface area contributed by atoms with Crippen LogP contribution in [0, 0.1) is 0 Å². The lowest BCUT2D eigenvalue weighted by Crippen LogP contribution is -2.37. The van der Waals surface area contributed by atoms with Gasteiger partial charge in [0.1, 0.15) is 0 Å². The van der Waals surface area contributed by atoms with Crippen LogP contribution >= 0.6 is 24.0 Å². The van der Waals surface area contributed by atoms with Gasteiger partial charge < -0.3 is 10.6 Å². The number of rotatable bonds is 5. The van der Waals surface area contributed by atoms with Crippen molar-refractivity contribution in [3.63, 3.8) is 0 Å². The van der Waals surface area contributed by atoms with Gasteiger partial charge in [-0.2, -0.15) is 0 Å². The highest BCUT2D eigenvalue weighted by Crippen LogP contribution is 2.48. The lowest BCUT2D eigenvalue weighted by Gasteiger charge is -2.16. The summed E-state index contributed by atoms with van der Waals surface area (Å²) in [6, 6.07) is 7.93. The van der Waals surface area contributed by atoms with E-state index in [9.17, 15) is 4.79 Å². The SMILES string of the molecule is CNCC(=O)NCC1(c2cccc(Cl)c2)CC1.Cl. The zero-order valence-corrected chi connectivity index (χ0v) is 11.9. The first-order valence-electron chi connectivity index (χ1n) is 5.84. The molecule has 5 heteroatoms. The summed E-state index contributed by atoms with van der Waals surface area (Å²) in [5.74, 6) is 0.0424. The molecule has 0 bridgehead atoms. The summed E-state index contributed by atoms with van der Waals surface area (Å²) < 4.78 is 0. The van der Waals surface area contributed by atoms with Crippen molar-refractivity contribution in [2.75, 3.05) is 20.1 Å². The maximum absolute atomic E-state index is 11.4. The molecule has 1 aliphatic rings. The Balaban J connectivity index is 0.00000162. The Hall–Kier alpha value is -0.770. The van der Waals surface area contributed by atoms with E-state index in [-0.39, 0.29) is 23.7 Å². The molecule has 1 aliphatic carbocycles. The van der Waals surface area contributed by atoms with Crippen LogP contribution < -0.4 is 10.6 Å². The van der Waals surface area contributed by atoms with Gasteiger partial charge in [-0.05, 0) is 37.6 Å². The molecule has 0 atom stereocenters. The van der Waals surface area contributed by atoms with Crippen LogP contribution in [0.15, 0.2) is 24.3 Å². The Morgan fingerprint density at radius 3 is 2.72 bits per heavy atom. The fourth-order valence-corrected chi connectivity index (χ4v) is 2.22. The number of carbonyl (C=O) groups is 1. The van der Waals surface area contributed by atoms with Crippen LogP contribution in [0.2, 0.25) is 5.02 Å². The van der Waals surface area contributed by atoms with Gasteiger partial charge in [0, 0.05) is 17.0 Å². The molecular weight excluding hydrogens is 271 g/mol. The van der Waals surface area contributed by atoms with Crippen molar-refractivity contribution in [1.29, 1.82) is 0 Å².